The van der Waals surface area contributed by atoms with Crippen LogP contribution in [0.5, 0.6) is 17.4 Å². The van der Waals surface area contributed by atoms with Crippen molar-refractivity contribution in [2.45, 2.75) is 25.3 Å². The fraction of sp³-hybridized carbons (Fsp3) is 0.318. The Bertz CT molecular complexity index is 1110. The molecular weight excluding hydrogens is 434 g/mol. The molecule has 0 bridgehead atoms. The van der Waals surface area contributed by atoms with Crippen molar-refractivity contribution < 1.29 is 23.0 Å². The Hall–Kier alpha value is -3.73. The molecule has 11 heteroatoms. The van der Waals surface area contributed by atoms with Crippen LogP contribution in [0.4, 0.5) is 8.78 Å². The predicted molar refractivity (Wildman–Crippen MR) is 114 cm³/mol. The molecule has 1 aliphatic heterocycles. The van der Waals surface area contributed by atoms with Gasteiger partial charge in [0.05, 0.1) is 18.4 Å². The number of nitrogens with zero attached hydrogens (tertiary/aromatic N) is 4. The average molecular weight is 456 g/mol. The Morgan fingerprint density at radius 1 is 1.24 bits per heavy atom. The number of pyridine rings is 2. The van der Waals surface area contributed by atoms with Gasteiger partial charge >= 0.3 is 0 Å². The van der Waals surface area contributed by atoms with Gasteiger partial charge in [-0.3, -0.25) is 9.78 Å². The molecule has 33 heavy (non-hydrogen) atoms. The molecule has 1 unspecified atom stereocenters. The van der Waals surface area contributed by atoms with Gasteiger partial charge in [0.25, 0.3) is 17.7 Å². The van der Waals surface area contributed by atoms with Gasteiger partial charge in [0.15, 0.2) is 11.6 Å². The molecule has 1 atom stereocenters. The number of aromatic nitrogens is 4. The molecule has 3 aromatic heterocycles. The fourth-order valence-electron chi connectivity index (χ4n) is 3.24. The predicted octanol–water partition coefficient (Wildman–Crippen LogP) is 2.85. The SMILES string of the molecule is CCOc1cccnc1Oc1cncc(-c2ncc(C(=O)NC3CNCCC3(F)F)cn2)c1. The van der Waals surface area contributed by atoms with Gasteiger partial charge in [-0.15, -0.1) is 0 Å². The zero-order valence-electron chi connectivity index (χ0n) is 17.8. The number of nitrogens with one attached hydrogen (secondary N) is 2. The third-order valence-corrected chi connectivity index (χ3v) is 4.93. The minimum Gasteiger partial charge on any atom is -0.488 e. The van der Waals surface area contributed by atoms with Gasteiger partial charge in [0.2, 0.25) is 0 Å². The highest BCUT2D eigenvalue weighted by molar-refractivity contribution is 5.94. The van der Waals surface area contributed by atoms with Gasteiger partial charge in [-0.25, -0.2) is 23.7 Å². The van der Waals surface area contributed by atoms with Crippen LogP contribution in [0.25, 0.3) is 11.4 Å². The zero-order chi connectivity index (χ0) is 23.3. The molecule has 0 aliphatic carbocycles. The van der Waals surface area contributed by atoms with Crippen LogP contribution in [0.1, 0.15) is 23.7 Å². The molecule has 1 fully saturated rings. The number of hydrogen-bond acceptors (Lipinski definition) is 8. The molecular formula is C22H22F2N6O3. The molecule has 4 rings (SSSR count). The summed E-state index contributed by atoms with van der Waals surface area (Å²) in [7, 11) is 0. The highest BCUT2D eigenvalue weighted by Crippen LogP contribution is 2.30. The highest BCUT2D eigenvalue weighted by Gasteiger charge is 2.42. The first-order valence-electron chi connectivity index (χ1n) is 10.4. The van der Waals surface area contributed by atoms with Crippen molar-refractivity contribution >= 4 is 5.91 Å². The van der Waals surface area contributed by atoms with Crippen molar-refractivity contribution in [1.82, 2.24) is 30.6 Å². The Labute approximate surface area is 188 Å². The van der Waals surface area contributed by atoms with E-state index in [1.807, 2.05) is 6.92 Å². The van der Waals surface area contributed by atoms with Crippen molar-refractivity contribution in [3.05, 3.63) is 54.7 Å². The van der Waals surface area contributed by atoms with Gasteiger partial charge in [0.1, 0.15) is 11.8 Å². The van der Waals surface area contributed by atoms with E-state index in [4.69, 9.17) is 9.47 Å². The maximum Gasteiger partial charge on any atom is 0.270 e. The summed E-state index contributed by atoms with van der Waals surface area (Å²) in [5.41, 5.74) is 0.617. The lowest BCUT2D eigenvalue weighted by Gasteiger charge is -2.32. The molecule has 9 nitrogen and oxygen atoms in total. The van der Waals surface area contributed by atoms with Crippen LogP contribution in [-0.4, -0.2) is 57.5 Å². The van der Waals surface area contributed by atoms with Crippen molar-refractivity contribution in [2.75, 3.05) is 19.7 Å². The van der Waals surface area contributed by atoms with E-state index in [2.05, 4.69) is 30.6 Å². The second kappa shape index (κ2) is 9.82. The lowest BCUT2D eigenvalue weighted by Crippen LogP contribution is -2.57. The summed E-state index contributed by atoms with van der Waals surface area (Å²) < 4.78 is 39.3. The molecule has 0 radical (unpaired) electrons. The maximum absolute atomic E-state index is 14.0. The third-order valence-electron chi connectivity index (χ3n) is 4.93. The minimum absolute atomic E-state index is 0.00256. The average Bonchev–Trinajstić information content (AvgIpc) is 2.82. The van der Waals surface area contributed by atoms with Crippen LogP contribution < -0.4 is 20.1 Å². The lowest BCUT2D eigenvalue weighted by molar-refractivity contribution is -0.0542. The largest absolute Gasteiger partial charge is 0.488 e. The van der Waals surface area contributed by atoms with Crippen LogP contribution in [0.3, 0.4) is 0 Å². The van der Waals surface area contributed by atoms with Crippen molar-refractivity contribution in [3.8, 4) is 28.8 Å². The molecule has 1 amide bonds. The number of rotatable bonds is 7. The van der Waals surface area contributed by atoms with E-state index in [-0.39, 0.29) is 25.1 Å². The summed E-state index contributed by atoms with van der Waals surface area (Å²) in [4.78, 5) is 29.1. The first-order chi connectivity index (χ1) is 16.0. The Kier molecular flexibility index (Phi) is 6.68. The highest BCUT2D eigenvalue weighted by atomic mass is 19.3. The summed E-state index contributed by atoms with van der Waals surface area (Å²) in [6.07, 6.45) is 6.87. The summed E-state index contributed by atoms with van der Waals surface area (Å²) in [6, 6.07) is 3.87. The van der Waals surface area contributed by atoms with Crippen LogP contribution >= 0.6 is 0 Å². The van der Waals surface area contributed by atoms with Crippen LogP contribution in [-0.2, 0) is 0 Å². The van der Waals surface area contributed by atoms with Gasteiger partial charge in [-0.1, -0.05) is 0 Å². The van der Waals surface area contributed by atoms with Gasteiger partial charge in [-0.05, 0) is 25.1 Å². The maximum atomic E-state index is 14.0. The zero-order valence-corrected chi connectivity index (χ0v) is 17.8. The number of halogens is 2. The molecule has 0 saturated carbocycles. The lowest BCUT2D eigenvalue weighted by atomic mass is 10.0. The Morgan fingerprint density at radius 3 is 2.82 bits per heavy atom. The van der Waals surface area contributed by atoms with Gasteiger partial charge < -0.3 is 20.1 Å². The number of alkyl halides is 2. The second-order valence-corrected chi connectivity index (χ2v) is 7.29. The number of ether oxygens (including phenoxy) is 2. The molecule has 4 heterocycles. The van der Waals surface area contributed by atoms with Gasteiger partial charge in [0, 0.05) is 49.9 Å². The Balaban J connectivity index is 1.46. The molecule has 172 valence electrons. The topological polar surface area (TPSA) is 111 Å². The molecule has 3 aromatic rings. The number of carbonyl (C=O) groups is 1. The van der Waals surface area contributed by atoms with E-state index in [9.17, 15) is 13.6 Å². The summed E-state index contributed by atoms with van der Waals surface area (Å²) in [5.74, 6) is -2.16. The monoisotopic (exact) mass is 456 g/mol. The van der Waals surface area contributed by atoms with Gasteiger partial charge in [-0.2, -0.15) is 0 Å². The summed E-state index contributed by atoms with van der Waals surface area (Å²) in [6.45, 7) is 2.53. The normalized spacial score (nSPS) is 17.2. The number of hydrogen-bond donors (Lipinski definition) is 2. The minimum atomic E-state index is -2.97. The third kappa shape index (κ3) is 5.37. The first-order valence-corrected chi connectivity index (χ1v) is 10.4. The summed E-state index contributed by atoms with van der Waals surface area (Å²) >= 11 is 0. The van der Waals surface area contributed by atoms with E-state index in [0.29, 0.717) is 35.4 Å². The van der Waals surface area contributed by atoms with Crippen molar-refractivity contribution in [1.29, 1.82) is 0 Å². The standard InChI is InChI=1S/C22H22F2N6O3/c1-2-32-17-4-3-6-27-21(17)33-16-8-14(9-26-12-16)19-28-10-15(11-29-19)20(31)30-18-13-25-7-5-22(18,23)24/h3-4,6,8-12,18,25H,2,5,7,13H2,1H3,(H,30,31). The van der Waals surface area contributed by atoms with E-state index in [0.717, 1.165) is 0 Å². The molecule has 1 saturated heterocycles. The number of carbonyl (C=O) groups excluding carboxylic acids is 1. The van der Waals surface area contributed by atoms with Crippen molar-refractivity contribution in [2.24, 2.45) is 0 Å². The Morgan fingerprint density at radius 2 is 2.06 bits per heavy atom. The fourth-order valence-corrected chi connectivity index (χ4v) is 3.24. The molecule has 0 aromatic carbocycles. The number of amides is 1. The van der Waals surface area contributed by atoms with E-state index in [1.165, 1.54) is 24.8 Å². The first kappa shape index (κ1) is 22.5. The summed E-state index contributed by atoms with van der Waals surface area (Å²) in [5, 5.41) is 5.21. The quantitative estimate of drug-likeness (QED) is 0.558. The van der Waals surface area contributed by atoms with Crippen LogP contribution in [0.2, 0.25) is 0 Å². The molecule has 1 aliphatic rings. The number of piperidine rings is 1. The molecule has 0 spiro atoms. The second-order valence-electron chi connectivity index (χ2n) is 7.29. The smallest absolute Gasteiger partial charge is 0.270 e. The van der Waals surface area contributed by atoms with E-state index >= 15 is 0 Å². The van der Waals surface area contributed by atoms with Crippen molar-refractivity contribution in [3.63, 3.8) is 0 Å². The van der Waals surface area contributed by atoms with E-state index < -0.39 is 17.9 Å². The van der Waals surface area contributed by atoms with Crippen LogP contribution in [0, 0.1) is 0 Å². The van der Waals surface area contributed by atoms with E-state index in [1.54, 1.807) is 24.4 Å². The van der Waals surface area contributed by atoms with Crippen LogP contribution in [0.15, 0.2) is 49.2 Å². The molecule has 2 N–H and O–H groups in total.